The van der Waals surface area contributed by atoms with Gasteiger partial charge in [0.15, 0.2) is 0 Å². The Bertz CT molecular complexity index is 313. The van der Waals surface area contributed by atoms with Crippen LogP contribution in [0.3, 0.4) is 0 Å². The third-order valence-corrected chi connectivity index (χ3v) is 2.47. The molecule has 2 nitrogen and oxygen atoms in total. The van der Waals surface area contributed by atoms with Crippen LogP contribution in [0.4, 0.5) is 4.39 Å². The lowest BCUT2D eigenvalue weighted by Gasteiger charge is -2.16. The van der Waals surface area contributed by atoms with Crippen molar-refractivity contribution in [1.29, 1.82) is 0 Å². The third-order valence-electron chi connectivity index (χ3n) is 2.47. The Hall–Kier alpha value is -0.930. The fraction of sp³-hybridized carbons (Fsp3) is 0.455. The first-order valence-electron chi connectivity index (χ1n) is 4.63. The maximum atomic E-state index is 13.3. The number of aliphatic hydroxyl groups excluding tert-OH is 1. The maximum Gasteiger partial charge on any atom is 0.126 e. The summed E-state index contributed by atoms with van der Waals surface area (Å²) in [5, 5.41) is 9.65. The second-order valence-electron chi connectivity index (χ2n) is 3.75. The summed E-state index contributed by atoms with van der Waals surface area (Å²) in [6, 6.07) is 2.72. The van der Waals surface area contributed by atoms with Crippen molar-refractivity contribution in [3.63, 3.8) is 0 Å². The SMILES string of the molecule is Cc1cc(C(O)C(C)N)cc(F)c1C. The number of hydrogen-bond acceptors (Lipinski definition) is 2. The summed E-state index contributed by atoms with van der Waals surface area (Å²) < 4.78 is 13.3. The third kappa shape index (κ3) is 2.11. The fourth-order valence-electron chi connectivity index (χ4n) is 1.32. The molecule has 0 aliphatic rings. The van der Waals surface area contributed by atoms with Crippen LogP contribution in [-0.4, -0.2) is 11.1 Å². The highest BCUT2D eigenvalue weighted by atomic mass is 19.1. The first-order valence-corrected chi connectivity index (χ1v) is 4.63. The molecule has 14 heavy (non-hydrogen) atoms. The van der Waals surface area contributed by atoms with E-state index >= 15 is 0 Å². The normalized spacial score (nSPS) is 15.3. The Morgan fingerprint density at radius 3 is 2.36 bits per heavy atom. The van der Waals surface area contributed by atoms with Crippen molar-refractivity contribution >= 4 is 0 Å². The molecular formula is C11H16FNO. The van der Waals surface area contributed by atoms with E-state index in [1.165, 1.54) is 6.07 Å². The number of hydrogen-bond donors (Lipinski definition) is 2. The molecule has 0 amide bonds. The van der Waals surface area contributed by atoms with Crippen molar-refractivity contribution in [1.82, 2.24) is 0 Å². The number of halogens is 1. The maximum absolute atomic E-state index is 13.3. The lowest BCUT2D eigenvalue weighted by atomic mass is 9.99. The average Bonchev–Trinajstić information content (AvgIpc) is 2.12. The van der Waals surface area contributed by atoms with Crippen LogP contribution in [0.25, 0.3) is 0 Å². The molecular weight excluding hydrogens is 181 g/mol. The lowest BCUT2D eigenvalue weighted by molar-refractivity contribution is 0.153. The minimum Gasteiger partial charge on any atom is -0.387 e. The zero-order chi connectivity index (χ0) is 10.9. The molecule has 1 aromatic carbocycles. The predicted molar refractivity (Wildman–Crippen MR) is 54.5 cm³/mol. The average molecular weight is 197 g/mol. The highest BCUT2D eigenvalue weighted by Gasteiger charge is 2.14. The highest BCUT2D eigenvalue weighted by molar-refractivity contribution is 5.33. The number of rotatable bonds is 2. The summed E-state index contributed by atoms with van der Waals surface area (Å²) >= 11 is 0. The number of aryl methyl sites for hydroxylation is 1. The Morgan fingerprint density at radius 1 is 1.36 bits per heavy atom. The fourth-order valence-corrected chi connectivity index (χ4v) is 1.32. The molecule has 1 rings (SSSR count). The van der Waals surface area contributed by atoms with Gasteiger partial charge < -0.3 is 10.8 Å². The Morgan fingerprint density at radius 2 is 1.93 bits per heavy atom. The molecule has 0 fully saturated rings. The van der Waals surface area contributed by atoms with Crippen LogP contribution < -0.4 is 5.73 Å². The van der Waals surface area contributed by atoms with Crippen LogP contribution in [0.1, 0.15) is 29.7 Å². The number of benzene rings is 1. The van der Waals surface area contributed by atoms with Gasteiger partial charge in [-0.15, -0.1) is 0 Å². The summed E-state index contributed by atoms with van der Waals surface area (Å²) in [6.45, 7) is 5.22. The van der Waals surface area contributed by atoms with E-state index in [-0.39, 0.29) is 5.82 Å². The topological polar surface area (TPSA) is 46.2 Å². The van der Waals surface area contributed by atoms with Gasteiger partial charge in [-0.2, -0.15) is 0 Å². The van der Waals surface area contributed by atoms with E-state index in [0.29, 0.717) is 11.1 Å². The molecule has 0 spiro atoms. The van der Waals surface area contributed by atoms with Gasteiger partial charge in [-0.1, -0.05) is 6.07 Å². The van der Waals surface area contributed by atoms with Gasteiger partial charge in [0.05, 0.1) is 6.10 Å². The monoisotopic (exact) mass is 197 g/mol. The van der Waals surface area contributed by atoms with Crippen LogP contribution >= 0.6 is 0 Å². The summed E-state index contributed by atoms with van der Waals surface area (Å²) in [6.07, 6.45) is -0.802. The molecule has 0 radical (unpaired) electrons. The Balaban J connectivity index is 3.12. The molecule has 2 atom stereocenters. The molecule has 0 bridgehead atoms. The molecule has 2 unspecified atom stereocenters. The van der Waals surface area contributed by atoms with E-state index in [1.54, 1.807) is 19.9 Å². The van der Waals surface area contributed by atoms with Crippen molar-refractivity contribution in [3.05, 3.63) is 34.6 Å². The minimum absolute atomic E-state index is 0.292. The second-order valence-corrected chi connectivity index (χ2v) is 3.75. The minimum atomic E-state index is -0.802. The standard InChI is InChI=1S/C11H16FNO/c1-6-4-9(11(14)8(3)13)5-10(12)7(6)2/h4-5,8,11,14H,13H2,1-3H3. The summed E-state index contributed by atoms with van der Waals surface area (Å²) in [4.78, 5) is 0. The first kappa shape index (κ1) is 11.1. The van der Waals surface area contributed by atoms with Crippen molar-refractivity contribution in [2.24, 2.45) is 5.73 Å². The largest absolute Gasteiger partial charge is 0.387 e. The van der Waals surface area contributed by atoms with E-state index in [1.807, 2.05) is 6.92 Å². The quantitative estimate of drug-likeness (QED) is 0.759. The van der Waals surface area contributed by atoms with Gasteiger partial charge >= 0.3 is 0 Å². The van der Waals surface area contributed by atoms with E-state index in [4.69, 9.17) is 5.73 Å². The van der Waals surface area contributed by atoms with E-state index in [0.717, 1.165) is 5.56 Å². The van der Waals surface area contributed by atoms with Gasteiger partial charge in [0, 0.05) is 6.04 Å². The molecule has 0 aliphatic carbocycles. The van der Waals surface area contributed by atoms with Gasteiger partial charge in [-0.25, -0.2) is 4.39 Å². The highest BCUT2D eigenvalue weighted by Crippen LogP contribution is 2.21. The lowest BCUT2D eigenvalue weighted by Crippen LogP contribution is -2.24. The van der Waals surface area contributed by atoms with Gasteiger partial charge in [-0.05, 0) is 43.5 Å². The first-order chi connectivity index (χ1) is 6.43. The Labute approximate surface area is 83.6 Å². The van der Waals surface area contributed by atoms with E-state index in [9.17, 15) is 9.50 Å². The van der Waals surface area contributed by atoms with Crippen LogP contribution in [0.2, 0.25) is 0 Å². The molecule has 3 heteroatoms. The van der Waals surface area contributed by atoms with E-state index in [2.05, 4.69) is 0 Å². The predicted octanol–water partition coefficient (Wildman–Crippen LogP) is 1.82. The van der Waals surface area contributed by atoms with Crippen LogP contribution in [0.15, 0.2) is 12.1 Å². The van der Waals surface area contributed by atoms with Crippen LogP contribution in [0.5, 0.6) is 0 Å². The molecule has 0 heterocycles. The number of aliphatic hydroxyl groups is 1. The molecule has 3 N–H and O–H groups in total. The molecule has 78 valence electrons. The summed E-state index contributed by atoms with van der Waals surface area (Å²) in [5.41, 5.74) is 7.53. The van der Waals surface area contributed by atoms with Crippen molar-refractivity contribution in [3.8, 4) is 0 Å². The number of nitrogens with two attached hydrogens (primary N) is 1. The molecule has 0 aliphatic heterocycles. The second kappa shape index (κ2) is 4.07. The van der Waals surface area contributed by atoms with E-state index < -0.39 is 12.1 Å². The van der Waals surface area contributed by atoms with Gasteiger partial charge in [0.25, 0.3) is 0 Å². The van der Waals surface area contributed by atoms with Crippen LogP contribution in [-0.2, 0) is 0 Å². The molecule has 1 aromatic rings. The summed E-state index contributed by atoms with van der Waals surface area (Å²) in [5.74, 6) is -0.292. The molecule has 0 aromatic heterocycles. The molecule has 0 saturated heterocycles. The van der Waals surface area contributed by atoms with Gasteiger partial charge in [0.1, 0.15) is 5.82 Å². The Kier molecular flexibility index (Phi) is 3.24. The zero-order valence-corrected chi connectivity index (χ0v) is 8.71. The van der Waals surface area contributed by atoms with Crippen molar-refractivity contribution < 1.29 is 9.50 Å². The smallest absolute Gasteiger partial charge is 0.126 e. The van der Waals surface area contributed by atoms with Gasteiger partial charge in [0.2, 0.25) is 0 Å². The van der Waals surface area contributed by atoms with Crippen molar-refractivity contribution in [2.45, 2.75) is 32.9 Å². The van der Waals surface area contributed by atoms with Crippen LogP contribution in [0, 0.1) is 19.7 Å². The van der Waals surface area contributed by atoms with Gasteiger partial charge in [-0.3, -0.25) is 0 Å². The zero-order valence-electron chi connectivity index (χ0n) is 8.71. The summed E-state index contributed by atoms with van der Waals surface area (Å²) in [7, 11) is 0. The molecule has 0 saturated carbocycles. The van der Waals surface area contributed by atoms with Crippen molar-refractivity contribution in [2.75, 3.05) is 0 Å².